The summed E-state index contributed by atoms with van der Waals surface area (Å²) in [5, 5.41) is 0.249. The van der Waals surface area contributed by atoms with Crippen molar-refractivity contribution in [1.29, 1.82) is 0 Å². The number of ether oxygens (including phenoxy) is 3. The van der Waals surface area contributed by atoms with Gasteiger partial charge in [0.25, 0.3) is 0 Å². The third-order valence-corrected chi connectivity index (χ3v) is 4.76. The molecular weight excluding hydrogens is 318 g/mol. The van der Waals surface area contributed by atoms with Gasteiger partial charge in [-0.05, 0) is 24.6 Å². The number of sulfonamides is 1. The summed E-state index contributed by atoms with van der Waals surface area (Å²) in [6.45, 7) is 1.52. The molecule has 0 bridgehead atoms. The van der Waals surface area contributed by atoms with E-state index in [1.54, 1.807) is 0 Å². The average molecular weight is 336 g/mol. The highest BCUT2D eigenvalue weighted by Gasteiger charge is 2.18. The van der Waals surface area contributed by atoms with Crippen LogP contribution in [0, 0.1) is 0 Å². The van der Waals surface area contributed by atoms with Gasteiger partial charge in [-0.25, -0.2) is 13.1 Å². The Kier molecular flexibility index (Phi) is 5.83. The summed E-state index contributed by atoms with van der Waals surface area (Å²) in [6, 6.07) is 4.32. The third kappa shape index (κ3) is 4.55. The molecule has 0 aliphatic carbocycles. The molecule has 0 amide bonds. The summed E-state index contributed by atoms with van der Waals surface area (Å²) >= 11 is 5.93. The van der Waals surface area contributed by atoms with E-state index in [9.17, 15) is 8.42 Å². The Morgan fingerprint density at radius 1 is 1.38 bits per heavy atom. The molecule has 1 saturated heterocycles. The van der Waals surface area contributed by atoms with E-state index in [2.05, 4.69) is 4.72 Å². The zero-order chi connectivity index (χ0) is 15.3. The summed E-state index contributed by atoms with van der Waals surface area (Å²) < 4.78 is 42.5. The molecule has 6 nitrogen and oxygen atoms in total. The number of hydrogen-bond donors (Lipinski definition) is 1. The van der Waals surface area contributed by atoms with Gasteiger partial charge in [0.2, 0.25) is 10.0 Å². The molecule has 0 aromatic heterocycles. The van der Waals surface area contributed by atoms with Crippen molar-refractivity contribution >= 4 is 21.6 Å². The van der Waals surface area contributed by atoms with Gasteiger partial charge in [0.05, 0.1) is 30.2 Å². The fourth-order valence-electron chi connectivity index (χ4n) is 1.91. The molecule has 21 heavy (non-hydrogen) atoms. The van der Waals surface area contributed by atoms with Crippen LogP contribution in [0.3, 0.4) is 0 Å². The fraction of sp³-hybridized carbons (Fsp3) is 0.538. The van der Waals surface area contributed by atoms with Crippen LogP contribution in [0.15, 0.2) is 23.1 Å². The van der Waals surface area contributed by atoms with Gasteiger partial charge in [0.15, 0.2) is 6.29 Å². The number of rotatable bonds is 6. The lowest BCUT2D eigenvalue weighted by Crippen LogP contribution is -2.31. The minimum absolute atomic E-state index is 0.0961. The van der Waals surface area contributed by atoms with Crippen LogP contribution < -0.4 is 9.46 Å². The van der Waals surface area contributed by atoms with Crippen molar-refractivity contribution < 1.29 is 22.6 Å². The highest BCUT2D eigenvalue weighted by Crippen LogP contribution is 2.26. The lowest BCUT2D eigenvalue weighted by molar-refractivity contribution is -0.180. The van der Waals surface area contributed by atoms with Gasteiger partial charge in [-0.2, -0.15) is 0 Å². The monoisotopic (exact) mass is 335 g/mol. The first kappa shape index (κ1) is 16.5. The molecule has 0 atom stereocenters. The topological polar surface area (TPSA) is 73.9 Å². The molecule has 1 heterocycles. The van der Waals surface area contributed by atoms with Gasteiger partial charge >= 0.3 is 0 Å². The second-order valence-electron chi connectivity index (χ2n) is 4.51. The van der Waals surface area contributed by atoms with Crippen LogP contribution in [0.5, 0.6) is 5.75 Å². The van der Waals surface area contributed by atoms with Crippen LogP contribution in [0.1, 0.15) is 12.8 Å². The van der Waals surface area contributed by atoms with E-state index in [4.69, 9.17) is 25.8 Å². The largest absolute Gasteiger partial charge is 0.495 e. The molecule has 0 spiro atoms. The van der Waals surface area contributed by atoms with Crippen LogP contribution in [0.2, 0.25) is 5.02 Å². The Bertz CT molecular complexity index is 572. The van der Waals surface area contributed by atoms with Gasteiger partial charge in [-0.1, -0.05) is 11.6 Å². The van der Waals surface area contributed by atoms with Crippen LogP contribution in [-0.2, 0) is 19.5 Å². The number of benzene rings is 1. The summed E-state index contributed by atoms with van der Waals surface area (Å²) in [7, 11) is -2.14. The van der Waals surface area contributed by atoms with Crippen LogP contribution in [0.4, 0.5) is 0 Å². The van der Waals surface area contributed by atoms with E-state index in [1.807, 2.05) is 0 Å². The van der Waals surface area contributed by atoms with Crippen molar-refractivity contribution in [2.75, 3.05) is 26.9 Å². The Morgan fingerprint density at radius 3 is 2.71 bits per heavy atom. The van der Waals surface area contributed by atoms with E-state index in [-0.39, 0.29) is 22.8 Å². The number of methoxy groups -OCH3 is 1. The molecule has 1 N–H and O–H groups in total. The first-order chi connectivity index (χ1) is 10.0. The second kappa shape index (κ2) is 7.42. The zero-order valence-corrected chi connectivity index (χ0v) is 13.2. The van der Waals surface area contributed by atoms with Crippen molar-refractivity contribution in [3.05, 3.63) is 23.2 Å². The van der Waals surface area contributed by atoms with Crippen molar-refractivity contribution in [2.24, 2.45) is 0 Å². The Balaban J connectivity index is 1.93. The number of nitrogens with one attached hydrogen (secondary N) is 1. The fourth-order valence-corrected chi connectivity index (χ4v) is 3.31. The van der Waals surface area contributed by atoms with Crippen molar-refractivity contribution in [3.8, 4) is 5.75 Å². The molecule has 0 saturated carbocycles. The van der Waals surface area contributed by atoms with E-state index in [0.29, 0.717) is 25.4 Å². The predicted octanol–water partition coefficient (Wildman–Crippen LogP) is 1.78. The lowest BCUT2D eigenvalue weighted by Gasteiger charge is -2.23. The van der Waals surface area contributed by atoms with Crippen LogP contribution in [-0.4, -0.2) is 41.6 Å². The van der Waals surface area contributed by atoms with Crippen molar-refractivity contribution in [1.82, 2.24) is 4.72 Å². The van der Waals surface area contributed by atoms with E-state index >= 15 is 0 Å². The Labute approximate surface area is 129 Å². The molecule has 1 fully saturated rings. The first-order valence-corrected chi connectivity index (χ1v) is 8.45. The standard InChI is InChI=1S/C13H18ClNO5S/c1-18-12-4-3-10(9-11(12)14)21(16,17)15-6-5-13-19-7-2-8-20-13/h3-4,9,13,15H,2,5-8H2,1H3. The minimum Gasteiger partial charge on any atom is -0.495 e. The van der Waals surface area contributed by atoms with Gasteiger partial charge < -0.3 is 14.2 Å². The molecule has 8 heteroatoms. The van der Waals surface area contributed by atoms with E-state index in [1.165, 1.54) is 25.3 Å². The highest BCUT2D eigenvalue weighted by molar-refractivity contribution is 7.89. The first-order valence-electron chi connectivity index (χ1n) is 6.59. The molecule has 1 aromatic rings. The zero-order valence-electron chi connectivity index (χ0n) is 11.7. The summed E-state index contributed by atoms with van der Waals surface area (Å²) in [5.41, 5.74) is 0. The van der Waals surface area contributed by atoms with E-state index in [0.717, 1.165) is 6.42 Å². The highest BCUT2D eigenvalue weighted by atomic mass is 35.5. The molecule has 1 aromatic carbocycles. The molecular formula is C13H18ClNO5S. The van der Waals surface area contributed by atoms with E-state index < -0.39 is 10.0 Å². The lowest BCUT2D eigenvalue weighted by atomic mass is 10.3. The molecule has 0 radical (unpaired) electrons. The third-order valence-electron chi connectivity index (χ3n) is 3.00. The van der Waals surface area contributed by atoms with Gasteiger partial charge in [0.1, 0.15) is 5.75 Å². The summed E-state index contributed by atoms with van der Waals surface area (Å²) in [5.74, 6) is 0.430. The maximum atomic E-state index is 12.1. The Hall–Kier alpha value is -0.860. The predicted molar refractivity (Wildman–Crippen MR) is 78.1 cm³/mol. The van der Waals surface area contributed by atoms with Gasteiger partial charge in [-0.15, -0.1) is 0 Å². The molecule has 2 rings (SSSR count). The number of halogens is 1. The van der Waals surface area contributed by atoms with Crippen molar-refractivity contribution in [2.45, 2.75) is 24.0 Å². The molecule has 118 valence electrons. The number of hydrogen-bond acceptors (Lipinski definition) is 5. The Morgan fingerprint density at radius 2 is 2.10 bits per heavy atom. The summed E-state index contributed by atoms with van der Waals surface area (Å²) in [4.78, 5) is 0.0961. The second-order valence-corrected chi connectivity index (χ2v) is 6.68. The molecule has 1 aliphatic rings. The maximum Gasteiger partial charge on any atom is 0.240 e. The van der Waals surface area contributed by atoms with Gasteiger partial charge in [-0.3, -0.25) is 0 Å². The minimum atomic E-state index is -3.61. The molecule has 1 aliphatic heterocycles. The normalized spacial score (nSPS) is 16.9. The SMILES string of the molecule is COc1ccc(S(=O)(=O)NCCC2OCCCO2)cc1Cl. The van der Waals surface area contributed by atoms with Crippen molar-refractivity contribution in [3.63, 3.8) is 0 Å². The van der Waals surface area contributed by atoms with Crippen LogP contribution in [0.25, 0.3) is 0 Å². The summed E-state index contributed by atoms with van der Waals surface area (Å²) in [6.07, 6.45) is 0.983. The van der Waals surface area contributed by atoms with Crippen LogP contribution >= 0.6 is 11.6 Å². The molecule has 0 unspecified atom stereocenters. The average Bonchev–Trinajstić information content (AvgIpc) is 2.48. The quantitative estimate of drug-likeness (QED) is 0.857. The smallest absolute Gasteiger partial charge is 0.240 e. The van der Waals surface area contributed by atoms with Gasteiger partial charge in [0, 0.05) is 13.0 Å². The maximum absolute atomic E-state index is 12.1.